The SMILES string of the molecule is CC(C)C(=O)N[C@H](CCC(=O)O)C(N)=O. The second kappa shape index (κ2) is 6.00. The number of rotatable bonds is 6. The molecule has 0 aromatic heterocycles. The monoisotopic (exact) mass is 216 g/mol. The number of amides is 2. The Morgan fingerprint density at radius 2 is 1.87 bits per heavy atom. The molecule has 0 bridgehead atoms. The van der Waals surface area contributed by atoms with Gasteiger partial charge in [-0.15, -0.1) is 0 Å². The third-order valence-corrected chi connectivity index (χ3v) is 1.83. The maximum Gasteiger partial charge on any atom is 0.303 e. The predicted molar refractivity (Wildman–Crippen MR) is 52.8 cm³/mol. The van der Waals surface area contributed by atoms with Crippen molar-refractivity contribution in [2.45, 2.75) is 32.7 Å². The van der Waals surface area contributed by atoms with E-state index in [4.69, 9.17) is 10.8 Å². The Morgan fingerprint density at radius 1 is 1.33 bits per heavy atom. The largest absolute Gasteiger partial charge is 0.481 e. The molecule has 2 amide bonds. The van der Waals surface area contributed by atoms with Gasteiger partial charge in [0.15, 0.2) is 0 Å². The Labute approximate surface area is 87.8 Å². The van der Waals surface area contributed by atoms with E-state index < -0.39 is 17.9 Å². The second-order valence-corrected chi connectivity index (χ2v) is 3.55. The summed E-state index contributed by atoms with van der Waals surface area (Å²) >= 11 is 0. The molecule has 0 unspecified atom stereocenters. The first-order valence-corrected chi connectivity index (χ1v) is 4.66. The van der Waals surface area contributed by atoms with Crippen LogP contribution in [0.5, 0.6) is 0 Å². The van der Waals surface area contributed by atoms with Crippen LogP contribution in [0.2, 0.25) is 0 Å². The first-order valence-electron chi connectivity index (χ1n) is 4.66. The van der Waals surface area contributed by atoms with Crippen molar-refractivity contribution in [1.29, 1.82) is 0 Å². The Hall–Kier alpha value is -1.59. The van der Waals surface area contributed by atoms with Gasteiger partial charge in [-0.2, -0.15) is 0 Å². The van der Waals surface area contributed by atoms with E-state index in [-0.39, 0.29) is 24.7 Å². The van der Waals surface area contributed by atoms with E-state index in [1.807, 2.05) is 0 Å². The lowest BCUT2D eigenvalue weighted by atomic mass is 10.1. The van der Waals surface area contributed by atoms with Gasteiger partial charge in [0.1, 0.15) is 6.04 Å². The van der Waals surface area contributed by atoms with Crippen molar-refractivity contribution in [2.24, 2.45) is 11.7 Å². The second-order valence-electron chi connectivity index (χ2n) is 3.55. The molecule has 1 atom stereocenters. The van der Waals surface area contributed by atoms with Gasteiger partial charge < -0.3 is 16.2 Å². The van der Waals surface area contributed by atoms with Crippen molar-refractivity contribution in [3.05, 3.63) is 0 Å². The lowest BCUT2D eigenvalue weighted by Crippen LogP contribution is -2.46. The van der Waals surface area contributed by atoms with Gasteiger partial charge in [0.2, 0.25) is 11.8 Å². The lowest BCUT2D eigenvalue weighted by molar-refractivity contribution is -0.138. The fourth-order valence-electron chi connectivity index (χ4n) is 0.892. The first kappa shape index (κ1) is 13.4. The molecule has 0 radical (unpaired) electrons. The van der Waals surface area contributed by atoms with Crippen LogP contribution in [0, 0.1) is 5.92 Å². The lowest BCUT2D eigenvalue weighted by Gasteiger charge is -2.15. The number of carboxylic acid groups (broad SMARTS) is 1. The Bertz CT molecular complexity index is 263. The summed E-state index contributed by atoms with van der Waals surface area (Å²) < 4.78 is 0. The molecule has 86 valence electrons. The maximum atomic E-state index is 11.2. The molecular weight excluding hydrogens is 200 g/mol. The van der Waals surface area contributed by atoms with Crippen LogP contribution in [-0.4, -0.2) is 28.9 Å². The van der Waals surface area contributed by atoms with Crippen LogP contribution < -0.4 is 11.1 Å². The summed E-state index contributed by atoms with van der Waals surface area (Å²) in [6.45, 7) is 3.34. The van der Waals surface area contributed by atoms with Crippen LogP contribution in [0.25, 0.3) is 0 Å². The van der Waals surface area contributed by atoms with Gasteiger partial charge in [0.25, 0.3) is 0 Å². The molecule has 15 heavy (non-hydrogen) atoms. The highest BCUT2D eigenvalue weighted by atomic mass is 16.4. The number of hydrogen-bond acceptors (Lipinski definition) is 3. The highest BCUT2D eigenvalue weighted by Gasteiger charge is 2.20. The van der Waals surface area contributed by atoms with Gasteiger partial charge in [-0.25, -0.2) is 0 Å². The summed E-state index contributed by atoms with van der Waals surface area (Å²) in [5.41, 5.74) is 5.02. The zero-order valence-corrected chi connectivity index (χ0v) is 8.82. The number of aliphatic carboxylic acids is 1. The van der Waals surface area contributed by atoms with Gasteiger partial charge in [-0.3, -0.25) is 14.4 Å². The van der Waals surface area contributed by atoms with Crippen LogP contribution >= 0.6 is 0 Å². The normalized spacial score (nSPS) is 12.2. The van der Waals surface area contributed by atoms with Gasteiger partial charge in [-0.1, -0.05) is 13.8 Å². The van der Waals surface area contributed by atoms with Crippen LogP contribution in [0.15, 0.2) is 0 Å². The number of hydrogen-bond donors (Lipinski definition) is 3. The minimum absolute atomic E-state index is 0.0170. The first-order chi connectivity index (χ1) is 6.84. The molecule has 0 aliphatic carbocycles. The molecule has 0 fully saturated rings. The highest BCUT2D eigenvalue weighted by molar-refractivity contribution is 5.87. The molecule has 0 rings (SSSR count). The summed E-state index contributed by atoms with van der Waals surface area (Å²) in [4.78, 5) is 32.4. The van der Waals surface area contributed by atoms with Gasteiger partial charge in [-0.05, 0) is 6.42 Å². The number of carbonyl (C=O) groups excluding carboxylic acids is 2. The molecule has 0 aliphatic rings. The Kier molecular flexibility index (Phi) is 5.36. The number of nitrogens with one attached hydrogen (secondary N) is 1. The molecule has 6 nitrogen and oxygen atoms in total. The van der Waals surface area contributed by atoms with Gasteiger partial charge in [0.05, 0.1) is 0 Å². The van der Waals surface area contributed by atoms with Crippen LogP contribution in [0.1, 0.15) is 26.7 Å². The van der Waals surface area contributed by atoms with E-state index in [1.165, 1.54) is 0 Å². The topological polar surface area (TPSA) is 109 Å². The Balaban J connectivity index is 4.22. The van der Waals surface area contributed by atoms with E-state index in [2.05, 4.69) is 5.32 Å². The predicted octanol–water partition coefficient (Wildman–Crippen LogP) is -0.523. The zero-order valence-electron chi connectivity index (χ0n) is 8.82. The number of carbonyl (C=O) groups is 3. The Morgan fingerprint density at radius 3 is 2.20 bits per heavy atom. The number of primary amides is 1. The fraction of sp³-hybridized carbons (Fsp3) is 0.667. The van der Waals surface area contributed by atoms with Crippen LogP contribution in [-0.2, 0) is 14.4 Å². The fourth-order valence-corrected chi connectivity index (χ4v) is 0.892. The molecule has 0 heterocycles. The van der Waals surface area contributed by atoms with E-state index >= 15 is 0 Å². The smallest absolute Gasteiger partial charge is 0.303 e. The number of nitrogens with two attached hydrogens (primary N) is 1. The van der Waals surface area contributed by atoms with Crippen molar-refractivity contribution < 1.29 is 19.5 Å². The van der Waals surface area contributed by atoms with Crippen molar-refractivity contribution in [3.63, 3.8) is 0 Å². The molecule has 0 saturated carbocycles. The van der Waals surface area contributed by atoms with Crippen LogP contribution in [0.4, 0.5) is 0 Å². The molecule has 0 aromatic carbocycles. The zero-order chi connectivity index (χ0) is 12.0. The molecule has 6 heteroatoms. The van der Waals surface area contributed by atoms with E-state index in [9.17, 15) is 14.4 Å². The minimum Gasteiger partial charge on any atom is -0.481 e. The summed E-state index contributed by atoms with van der Waals surface area (Å²) in [5.74, 6) is -2.33. The van der Waals surface area contributed by atoms with Gasteiger partial charge in [0, 0.05) is 12.3 Å². The molecular formula is C9H16N2O4. The number of carboxylic acids is 1. The maximum absolute atomic E-state index is 11.2. The third-order valence-electron chi connectivity index (χ3n) is 1.83. The minimum atomic E-state index is -1.03. The third kappa shape index (κ3) is 5.66. The van der Waals surface area contributed by atoms with Crippen molar-refractivity contribution in [2.75, 3.05) is 0 Å². The van der Waals surface area contributed by atoms with Crippen molar-refractivity contribution >= 4 is 17.8 Å². The highest BCUT2D eigenvalue weighted by Crippen LogP contribution is 1.99. The standard InChI is InChI=1S/C9H16N2O4/c1-5(2)9(15)11-6(8(10)14)3-4-7(12)13/h5-6H,3-4H2,1-2H3,(H2,10,14)(H,11,15)(H,12,13)/t6-/m1/s1. The van der Waals surface area contributed by atoms with Crippen molar-refractivity contribution in [1.82, 2.24) is 5.32 Å². The summed E-state index contributed by atoms with van der Waals surface area (Å²) in [6.07, 6.45) is -0.185. The molecule has 0 saturated heterocycles. The van der Waals surface area contributed by atoms with E-state index in [0.717, 1.165) is 0 Å². The summed E-state index contributed by atoms with van der Waals surface area (Å²) in [7, 11) is 0. The van der Waals surface area contributed by atoms with E-state index in [1.54, 1.807) is 13.8 Å². The molecule has 0 spiro atoms. The quantitative estimate of drug-likeness (QED) is 0.554. The summed E-state index contributed by atoms with van der Waals surface area (Å²) in [6, 6.07) is -0.906. The van der Waals surface area contributed by atoms with Gasteiger partial charge >= 0.3 is 5.97 Å². The molecule has 0 aliphatic heterocycles. The summed E-state index contributed by atoms with van der Waals surface area (Å²) in [5, 5.41) is 10.8. The molecule has 4 N–H and O–H groups in total. The molecule has 0 aromatic rings. The average Bonchev–Trinajstić information content (AvgIpc) is 2.10. The van der Waals surface area contributed by atoms with Crippen molar-refractivity contribution in [3.8, 4) is 0 Å². The van der Waals surface area contributed by atoms with E-state index in [0.29, 0.717) is 0 Å². The average molecular weight is 216 g/mol. The van der Waals surface area contributed by atoms with Crippen LogP contribution in [0.3, 0.4) is 0 Å².